The van der Waals surface area contributed by atoms with Gasteiger partial charge in [0, 0.05) is 6.20 Å². The zero-order valence-electron chi connectivity index (χ0n) is 8.81. The van der Waals surface area contributed by atoms with E-state index >= 15 is 0 Å². The number of hydrogen-bond acceptors (Lipinski definition) is 5. The van der Waals surface area contributed by atoms with E-state index in [0.29, 0.717) is 12.2 Å². The minimum atomic E-state index is -0.527. The van der Waals surface area contributed by atoms with Crippen LogP contribution >= 0.6 is 23.4 Å². The fourth-order valence-electron chi connectivity index (χ4n) is 0.999. The second kappa shape index (κ2) is 6.67. The maximum absolute atomic E-state index is 11.6. The number of rotatable bonds is 5. The van der Waals surface area contributed by atoms with Crippen molar-refractivity contribution in [3.05, 3.63) is 17.5 Å². The molecule has 1 rings (SSSR count). The maximum Gasteiger partial charge on any atom is 0.242 e. The lowest BCUT2D eigenvalue weighted by Gasteiger charge is -2.10. The highest BCUT2D eigenvalue weighted by atomic mass is 35.5. The van der Waals surface area contributed by atoms with Gasteiger partial charge in [-0.2, -0.15) is 11.8 Å². The second-order valence-corrected chi connectivity index (χ2v) is 4.41. The van der Waals surface area contributed by atoms with E-state index in [1.807, 2.05) is 6.26 Å². The third-order valence-corrected chi connectivity index (χ3v) is 2.67. The van der Waals surface area contributed by atoms with Gasteiger partial charge in [0.05, 0.1) is 6.04 Å². The van der Waals surface area contributed by atoms with Crippen LogP contribution in [0.3, 0.4) is 0 Å². The molecule has 0 saturated heterocycles. The molecule has 1 aromatic heterocycles. The Morgan fingerprint density at radius 1 is 1.75 bits per heavy atom. The number of carbonyl (C=O) groups is 1. The predicted molar refractivity (Wildman–Crippen MR) is 66.6 cm³/mol. The summed E-state index contributed by atoms with van der Waals surface area (Å²) < 4.78 is 0. The summed E-state index contributed by atoms with van der Waals surface area (Å²) in [7, 11) is 0. The highest BCUT2D eigenvalue weighted by molar-refractivity contribution is 7.98. The van der Waals surface area contributed by atoms with E-state index in [2.05, 4.69) is 15.3 Å². The molecule has 5 nitrogen and oxygen atoms in total. The summed E-state index contributed by atoms with van der Waals surface area (Å²) in [6, 6.07) is 1.03. The highest BCUT2D eigenvalue weighted by Gasteiger charge is 2.13. The lowest BCUT2D eigenvalue weighted by molar-refractivity contribution is -0.117. The van der Waals surface area contributed by atoms with Gasteiger partial charge in [0.25, 0.3) is 0 Å². The Balaban J connectivity index is 2.50. The van der Waals surface area contributed by atoms with Gasteiger partial charge in [-0.15, -0.1) is 0 Å². The molecule has 0 unspecified atom stereocenters. The Hall–Kier alpha value is -0.850. The van der Waals surface area contributed by atoms with Gasteiger partial charge in [-0.1, -0.05) is 0 Å². The third-order valence-electron chi connectivity index (χ3n) is 1.85. The zero-order chi connectivity index (χ0) is 12.0. The van der Waals surface area contributed by atoms with Crippen molar-refractivity contribution in [2.75, 3.05) is 17.3 Å². The van der Waals surface area contributed by atoms with Crippen LogP contribution in [0.1, 0.15) is 6.42 Å². The van der Waals surface area contributed by atoms with E-state index < -0.39 is 6.04 Å². The number of thioether (sulfide) groups is 1. The summed E-state index contributed by atoms with van der Waals surface area (Å²) in [4.78, 5) is 19.1. The normalized spacial score (nSPS) is 12.2. The lowest BCUT2D eigenvalue weighted by Crippen LogP contribution is -2.36. The van der Waals surface area contributed by atoms with Crippen molar-refractivity contribution in [1.82, 2.24) is 9.97 Å². The standard InChI is InChI=1S/C9H13ClN4OS/c1-16-5-3-6(11)8(15)13-7-2-4-12-9(10)14-7/h2,4,6H,3,5,11H2,1H3,(H,12,13,14,15)/t6-/m1/s1. The van der Waals surface area contributed by atoms with Gasteiger partial charge in [0.1, 0.15) is 5.82 Å². The predicted octanol–water partition coefficient (Wildman–Crippen LogP) is 1.15. The minimum absolute atomic E-state index is 0.0930. The van der Waals surface area contributed by atoms with E-state index in [9.17, 15) is 4.79 Å². The van der Waals surface area contributed by atoms with Gasteiger partial charge >= 0.3 is 0 Å². The van der Waals surface area contributed by atoms with Crippen LogP contribution < -0.4 is 11.1 Å². The molecule has 16 heavy (non-hydrogen) atoms. The molecule has 0 aromatic carbocycles. The first-order valence-electron chi connectivity index (χ1n) is 4.67. The molecule has 3 N–H and O–H groups in total. The minimum Gasteiger partial charge on any atom is -0.320 e. The average molecular weight is 261 g/mol. The van der Waals surface area contributed by atoms with Gasteiger partial charge < -0.3 is 11.1 Å². The van der Waals surface area contributed by atoms with Crippen LogP contribution in [0.2, 0.25) is 5.28 Å². The third kappa shape index (κ3) is 4.34. The Bertz CT molecular complexity index is 363. The molecular formula is C9H13ClN4OS. The average Bonchev–Trinajstić information content (AvgIpc) is 2.25. The number of aromatic nitrogens is 2. The Kier molecular flexibility index (Phi) is 5.51. The van der Waals surface area contributed by atoms with Crippen molar-refractivity contribution >= 4 is 35.1 Å². The van der Waals surface area contributed by atoms with Crippen LogP contribution in [0, 0.1) is 0 Å². The Morgan fingerprint density at radius 2 is 2.50 bits per heavy atom. The molecule has 0 radical (unpaired) electrons. The van der Waals surface area contributed by atoms with E-state index in [0.717, 1.165) is 5.75 Å². The summed E-state index contributed by atoms with van der Waals surface area (Å²) >= 11 is 7.23. The van der Waals surface area contributed by atoms with Crippen LogP contribution in [0.15, 0.2) is 12.3 Å². The van der Waals surface area contributed by atoms with Gasteiger partial charge in [0.15, 0.2) is 0 Å². The number of nitrogens with two attached hydrogens (primary N) is 1. The van der Waals surface area contributed by atoms with Gasteiger partial charge in [-0.05, 0) is 36.1 Å². The zero-order valence-corrected chi connectivity index (χ0v) is 10.4. The number of anilines is 1. The topological polar surface area (TPSA) is 80.9 Å². The molecule has 0 aliphatic carbocycles. The van der Waals surface area contributed by atoms with Crippen LogP contribution in [0.5, 0.6) is 0 Å². The fourth-order valence-corrected chi connectivity index (χ4v) is 1.64. The van der Waals surface area contributed by atoms with Crippen molar-refractivity contribution in [2.45, 2.75) is 12.5 Å². The van der Waals surface area contributed by atoms with Crippen LogP contribution in [-0.2, 0) is 4.79 Å². The van der Waals surface area contributed by atoms with Crippen molar-refractivity contribution in [3.63, 3.8) is 0 Å². The molecule has 0 spiro atoms. The molecule has 88 valence electrons. The van der Waals surface area contributed by atoms with Gasteiger partial charge in [-0.25, -0.2) is 9.97 Å². The summed E-state index contributed by atoms with van der Waals surface area (Å²) in [6.45, 7) is 0. The number of nitrogens with zero attached hydrogens (tertiary/aromatic N) is 2. The van der Waals surface area contributed by atoms with Crippen LogP contribution in [0.25, 0.3) is 0 Å². The number of halogens is 1. The largest absolute Gasteiger partial charge is 0.320 e. The number of hydrogen-bond donors (Lipinski definition) is 2. The number of nitrogens with one attached hydrogen (secondary N) is 1. The molecule has 0 bridgehead atoms. The molecule has 1 amide bonds. The molecular weight excluding hydrogens is 248 g/mol. The molecule has 0 aliphatic rings. The number of carbonyl (C=O) groups excluding carboxylic acids is 1. The first-order chi connectivity index (χ1) is 7.63. The first-order valence-corrected chi connectivity index (χ1v) is 6.44. The molecule has 0 aliphatic heterocycles. The summed E-state index contributed by atoms with van der Waals surface area (Å²) in [6.07, 6.45) is 4.07. The second-order valence-electron chi connectivity index (χ2n) is 3.09. The monoisotopic (exact) mass is 260 g/mol. The SMILES string of the molecule is CSCC[C@@H](N)C(=O)Nc1ccnc(Cl)n1. The molecule has 7 heteroatoms. The van der Waals surface area contributed by atoms with Crippen molar-refractivity contribution < 1.29 is 4.79 Å². The van der Waals surface area contributed by atoms with Gasteiger partial charge in [0.2, 0.25) is 11.2 Å². The van der Waals surface area contributed by atoms with E-state index in [1.165, 1.54) is 6.20 Å². The molecule has 1 atom stereocenters. The number of amides is 1. The molecule has 1 heterocycles. The quantitative estimate of drug-likeness (QED) is 0.777. The van der Waals surface area contributed by atoms with Crippen molar-refractivity contribution in [3.8, 4) is 0 Å². The van der Waals surface area contributed by atoms with Gasteiger partial charge in [-0.3, -0.25) is 4.79 Å². The van der Waals surface area contributed by atoms with E-state index in [-0.39, 0.29) is 11.2 Å². The molecule has 1 aromatic rings. The molecule has 0 saturated carbocycles. The first kappa shape index (κ1) is 13.2. The molecule has 0 fully saturated rings. The Labute approximate surface area is 103 Å². The fraction of sp³-hybridized carbons (Fsp3) is 0.444. The van der Waals surface area contributed by atoms with Crippen LogP contribution in [0.4, 0.5) is 5.82 Å². The Morgan fingerprint density at radius 3 is 3.12 bits per heavy atom. The summed E-state index contributed by atoms with van der Waals surface area (Å²) in [5.41, 5.74) is 5.69. The summed E-state index contributed by atoms with van der Waals surface area (Å²) in [5.74, 6) is 0.951. The van der Waals surface area contributed by atoms with E-state index in [4.69, 9.17) is 17.3 Å². The van der Waals surface area contributed by atoms with Crippen LogP contribution in [-0.4, -0.2) is 33.9 Å². The summed E-state index contributed by atoms with van der Waals surface area (Å²) in [5, 5.41) is 2.68. The lowest BCUT2D eigenvalue weighted by atomic mass is 10.2. The van der Waals surface area contributed by atoms with E-state index in [1.54, 1.807) is 17.8 Å². The van der Waals surface area contributed by atoms with Crippen molar-refractivity contribution in [1.29, 1.82) is 0 Å². The smallest absolute Gasteiger partial charge is 0.242 e. The highest BCUT2D eigenvalue weighted by Crippen LogP contribution is 2.07. The van der Waals surface area contributed by atoms with Crippen molar-refractivity contribution in [2.24, 2.45) is 5.73 Å². The maximum atomic E-state index is 11.6.